The Bertz CT molecular complexity index is 591. The fourth-order valence-corrected chi connectivity index (χ4v) is 1.67. The van der Waals surface area contributed by atoms with Gasteiger partial charge in [-0.2, -0.15) is 0 Å². The highest BCUT2D eigenvalue weighted by Gasteiger charge is 2.08. The number of ketones is 1. The van der Waals surface area contributed by atoms with Crippen LogP contribution in [0.5, 0.6) is 0 Å². The molecule has 0 amide bonds. The molecule has 0 spiro atoms. The van der Waals surface area contributed by atoms with E-state index >= 15 is 0 Å². The number of hydrogen-bond acceptors (Lipinski definition) is 1. The summed E-state index contributed by atoms with van der Waals surface area (Å²) < 4.78 is 13.5. The summed E-state index contributed by atoms with van der Waals surface area (Å²) in [5.41, 5.74) is 0.909. The molecule has 90 valence electrons. The first-order chi connectivity index (χ1) is 8.66. The molecule has 0 aliphatic rings. The molecular weight excluding hydrogens is 251 g/mol. The number of allylic oxidation sites excluding steroid dienone is 1. The molecule has 3 heteroatoms. The highest BCUT2D eigenvalue weighted by Crippen LogP contribution is 2.15. The molecule has 1 nitrogen and oxygen atoms in total. The zero-order valence-electron chi connectivity index (χ0n) is 9.44. The molecule has 0 bridgehead atoms. The Morgan fingerprint density at radius 1 is 1.11 bits per heavy atom. The second kappa shape index (κ2) is 5.61. The number of rotatable bonds is 3. The summed E-state index contributed by atoms with van der Waals surface area (Å²) in [6.07, 6.45) is 3.00. The average Bonchev–Trinajstić information content (AvgIpc) is 2.37. The smallest absolute Gasteiger partial charge is 0.188 e. The molecule has 0 N–H and O–H groups in total. The van der Waals surface area contributed by atoms with Crippen molar-refractivity contribution in [2.45, 2.75) is 0 Å². The van der Waals surface area contributed by atoms with E-state index in [4.69, 9.17) is 11.6 Å². The lowest BCUT2D eigenvalue weighted by atomic mass is 10.1. The number of carbonyl (C=O) groups excluding carboxylic acids is 1. The zero-order chi connectivity index (χ0) is 13.0. The summed E-state index contributed by atoms with van der Waals surface area (Å²) in [6.45, 7) is 0. The summed E-state index contributed by atoms with van der Waals surface area (Å²) in [6, 6.07) is 13.4. The number of halogens is 2. The first-order valence-electron chi connectivity index (χ1n) is 5.39. The van der Waals surface area contributed by atoms with Gasteiger partial charge in [-0.1, -0.05) is 48.0 Å². The molecule has 0 heterocycles. The Hall–Kier alpha value is -1.93. The van der Waals surface area contributed by atoms with Gasteiger partial charge < -0.3 is 0 Å². The molecule has 0 saturated carbocycles. The summed E-state index contributed by atoms with van der Waals surface area (Å²) in [5.74, 6) is -0.988. The van der Waals surface area contributed by atoms with Crippen LogP contribution in [0.15, 0.2) is 54.6 Å². The molecule has 2 aromatic carbocycles. The van der Waals surface area contributed by atoms with Crippen LogP contribution in [0.4, 0.5) is 4.39 Å². The van der Waals surface area contributed by atoms with E-state index in [9.17, 15) is 9.18 Å². The van der Waals surface area contributed by atoms with Gasteiger partial charge in [-0.05, 0) is 29.8 Å². The van der Waals surface area contributed by atoms with Gasteiger partial charge in [0.05, 0.1) is 5.56 Å². The molecule has 0 atom stereocenters. The van der Waals surface area contributed by atoms with E-state index in [-0.39, 0.29) is 16.4 Å². The van der Waals surface area contributed by atoms with Gasteiger partial charge in [-0.3, -0.25) is 4.79 Å². The Morgan fingerprint density at radius 2 is 1.83 bits per heavy atom. The molecule has 0 unspecified atom stereocenters. The van der Waals surface area contributed by atoms with Crippen molar-refractivity contribution >= 4 is 23.5 Å². The van der Waals surface area contributed by atoms with Crippen LogP contribution in [0.25, 0.3) is 6.08 Å². The lowest BCUT2D eigenvalue weighted by Crippen LogP contribution is -1.98. The van der Waals surface area contributed by atoms with Gasteiger partial charge in [0.25, 0.3) is 0 Å². The normalized spacial score (nSPS) is 10.8. The Kier molecular flexibility index (Phi) is 3.90. The monoisotopic (exact) mass is 260 g/mol. The summed E-state index contributed by atoms with van der Waals surface area (Å²) >= 11 is 5.63. The van der Waals surface area contributed by atoms with Gasteiger partial charge in [0.2, 0.25) is 0 Å². The summed E-state index contributed by atoms with van der Waals surface area (Å²) in [4.78, 5) is 11.8. The third kappa shape index (κ3) is 3.05. The highest BCUT2D eigenvalue weighted by atomic mass is 35.5. The minimum Gasteiger partial charge on any atom is -0.289 e. The van der Waals surface area contributed by atoms with Crippen LogP contribution in [0.3, 0.4) is 0 Å². The fourth-order valence-electron chi connectivity index (χ4n) is 1.52. The van der Waals surface area contributed by atoms with Gasteiger partial charge in [-0.15, -0.1) is 0 Å². The van der Waals surface area contributed by atoms with Gasteiger partial charge in [0.1, 0.15) is 5.82 Å². The predicted molar refractivity (Wildman–Crippen MR) is 71.2 cm³/mol. The first kappa shape index (κ1) is 12.5. The van der Waals surface area contributed by atoms with Crippen molar-refractivity contribution in [2.24, 2.45) is 0 Å². The Balaban J connectivity index is 2.20. The van der Waals surface area contributed by atoms with Gasteiger partial charge in [0.15, 0.2) is 5.78 Å². The van der Waals surface area contributed by atoms with Crippen molar-refractivity contribution in [2.75, 3.05) is 0 Å². The molecule has 2 aromatic rings. The average molecular weight is 261 g/mol. The molecule has 0 radical (unpaired) electrons. The molecule has 0 fully saturated rings. The number of hydrogen-bond donors (Lipinski definition) is 0. The van der Waals surface area contributed by atoms with Crippen LogP contribution >= 0.6 is 11.6 Å². The molecular formula is C15H10ClFO. The van der Waals surface area contributed by atoms with Crippen molar-refractivity contribution in [3.05, 3.63) is 76.6 Å². The molecule has 18 heavy (non-hydrogen) atoms. The van der Waals surface area contributed by atoms with E-state index in [1.54, 1.807) is 6.08 Å². The van der Waals surface area contributed by atoms with Crippen LogP contribution < -0.4 is 0 Å². The maximum atomic E-state index is 13.5. The maximum Gasteiger partial charge on any atom is 0.188 e. The van der Waals surface area contributed by atoms with E-state index in [0.29, 0.717) is 0 Å². The van der Waals surface area contributed by atoms with Crippen molar-refractivity contribution in [3.63, 3.8) is 0 Å². The molecule has 2 rings (SSSR count). The minimum absolute atomic E-state index is 0.0200. The predicted octanol–water partition coefficient (Wildman–Crippen LogP) is 4.38. The largest absolute Gasteiger partial charge is 0.289 e. The third-order valence-corrected chi connectivity index (χ3v) is 2.66. The van der Waals surface area contributed by atoms with Gasteiger partial charge >= 0.3 is 0 Å². The van der Waals surface area contributed by atoms with Crippen molar-refractivity contribution in [1.82, 2.24) is 0 Å². The van der Waals surface area contributed by atoms with Gasteiger partial charge in [-0.25, -0.2) is 4.39 Å². The molecule has 0 saturated heterocycles. The maximum absolute atomic E-state index is 13.5. The Morgan fingerprint density at radius 3 is 2.50 bits per heavy atom. The van der Waals surface area contributed by atoms with Crippen LogP contribution in [0.2, 0.25) is 5.02 Å². The standard InChI is InChI=1S/C15H10ClFO/c16-12-7-8-13(14(17)10-12)15(18)9-6-11-4-2-1-3-5-11/h1-10H. The topological polar surface area (TPSA) is 17.1 Å². The van der Waals surface area contributed by atoms with Crippen molar-refractivity contribution < 1.29 is 9.18 Å². The quantitative estimate of drug-likeness (QED) is 0.591. The third-order valence-electron chi connectivity index (χ3n) is 2.42. The van der Waals surface area contributed by atoms with E-state index in [1.807, 2.05) is 30.3 Å². The first-order valence-corrected chi connectivity index (χ1v) is 5.77. The lowest BCUT2D eigenvalue weighted by molar-refractivity contribution is 0.104. The highest BCUT2D eigenvalue weighted by molar-refractivity contribution is 6.30. The van der Waals surface area contributed by atoms with Crippen LogP contribution in [0, 0.1) is 5.82 Å². The van der Waals surface area contributed by atoms with Gasteiger partial charge in [0, 0.05) is 5.02 Å². The van der Waals surface area contributed by atoms with E-state index in [0.717, 1.165) is 11.6 Å². The van der Waals surface area contributed by atoms with E-state index < -0.39 is 5.82 Å². The fraction of sp³-hybridized carbons (Fsp3) is 0. The summed E-state index contributed by atoms with van der Waals surface area (Å²) in [5, 5.41) is 0.274. The SMILES string of the molecule is O=C(C=Cc1ccccc1)c1ccc(Cl)cc1F. The Labute approximate surface area is 110 Å². The van der Waals surface area contributed by atoms with E-state index in [2.05, 4.69) is 0 Å². The molecule has 0 aromatic heterocycles. The van der Waals surface area contributed by atoms with Crippen LogP contribution in [-0.4, -0.2) is 5.78 Å². The van der Waals surface area contributed by atoms with Crippen LogP contribution in [-0.2, 0) is 0 Å². The van der Waals surface area contributed by atoms with E-state index in [1.165, 1.54) is 18.2 Å². The van der Waals surface area contributed by atoms with Crippen molar-refractivity contribution in [1.29, 1.82) is 0 Å². The second-order valence-electron chi connectivity index (χ2n) is 3.73. The second-order valence-corrected chi connectivity index (χ2v) is 4.17. The molecule has 0 aliphatic heterocycles. The van der Waals surface area contributed by atoms with Crippen LogP contribution in [0.1, 0.15) is 15.9 Å². The number of carbonyl (C=O) groups is 1. The minimum atomic E-state index is -0.606. The summed E-state index contributed by atoms with van der Waals surface area (Å²) in [7, 11) is 0. The zero-order valence-corrected chi connectivity index (χ0v) is 10.2. The van der Waals surface area contributed by atoms with Crippen molar-refractivity contribution in [3.8, 4) is 0 Å². The molecule has 0 aliphatic carbocycles. The lowest BCUT2D eigenvalue weighted by Gasteiger charge is -1.99. The number of benzene rings is 2.